The molecule has 0 spiro atoms. The Labute approximate surface area is 101 Å². The van der Waals surface area contributed by atoms with E-state index in [1.54, 1.807) is 6.92 Å². The largest absolute Gasteiger partial charge is 0.338 e. The van der Waals surface area contributed by atoms with Gasteiger partial charge in [-0.1, -0.05) is 5.16 Å². The third kappa shape index (κ3) is 2.82. The number of thioether (sulfide) groups is 1. The summed E-state index contributed by atoms with van der Waals surface area (Å²) in [5.41, 5.74) is 0. The topological polar surface area (TPSA) is 38.9 Å². The maximum absolute atomic E-state index is 13.0. The SMILES string of the molecule is Cc1noc(C(C)Sc2ccc(F)c(F)c2)n1. The van der Waals surface area contributed by atoms with Crippen LogP contribution in [0.1, 0.15) is 23.9 Å². The standard InChI is InChI=1S/C11H10F2N2OS/c1-6(11-14-7(2)15-16-11)17-8-3-4-9(12)10(13)5-8/h3-6H,1-2H3. The molecule has 1 aromatic heterocycles. The van der Waals surface area contributed by atoms with Crippen LogP contribution in [0.5, 0.6) is 0 Å². The average molecular weight is 256 g/mol. The van der Waals surface area contributed by atoms with Crippen LogP contribution in [0.3, 0.4) is 0 Å². The van der Waals surface area contributed by atoms with E-state index in [0.717, 1.165) is 12.1 Å². The van der Waals surface area contributed by atoms with Crippen molar-refractivity contribution < 1.29 is 13.3 Å². The van der Waals surface area contributed by atoms with Gasteiger partial charge < -0.3 is 4.52 Å². The fraction of sp³-hybridized carbons (Fsp3) is 0.273. The van der Waals surface area contributed by atoms with E-state index in [1.807, 2.05) is 6.92 Å². The minimum atomic E-state index is -0.857. The number of halogens is 2. The van der Waals surface area contributed by atoms with Crippen LogP contribution in [-0.4, -0.2) is 10.1 Å². The lowest BCUT2D eigenvalue weighted by molar-refractivity contribution is 0.376. The molecule has 1 unspecified atom stereocenters. The number of rotatable bonds is 3. The quantitative estimate of drug-likeness (QED) is 0.788. The molecule has 3 nitrogen and oxygen atoms in total. The van der Waals surface area contributed by atoms with Crippen LogP contribution in [0.4, 0.5) is 8.78 Å². The Balaban J connectivity index is 2.12. The molecule has 0 N–H and O–H groups in total. The zero-order chi connectivity index (χ0) is 12.4. The fourth-order valence-corrected chi connectivity index (χ4v) is 2.21. The molecule has 1 aromatic carbocycles. The van der Waals surface area contributed by atoms with Crippen molar-refractivity contribution in [3.05, 3.63) is 41.5 Å². The van der Waals surface area contributed by atoms with Crippen LogP contribution in [-0.2, 0) is 0 Å². The summed E-state index contributed by atoms with van der Waals surface area (Å²) >= 11 is 1.33. The molecule has 2 aromatic rings. The first-order valence-electron chi connectivity index (χ1n) is 4.98. The van der Waals surface area contributed by atoms with E-state index < -0.39 is 11.6 Å². The lowest BCUT2D eigenvalue weighted by atomic mass is 10.3. The van der Waals surface area contributed by atoms with Crippen molar-refractivity contribution in [1.29, 1.82) is 0 Å². The predicted molar refractivity (Wildman–Crippen MR) is 59.7 cm³/mol. The Bertz CT molecular complexity index is 530. The van der Waals surface area contributed by atoms with Crippen molar-refractivity contribution in [2.45, 2.75) is 24.0 Å². The molecule has 6 heteroatoms. The number of hydrogen-bond donors (Lipinski definition) is 0. The Morgan fingerprint density at radius 1 is 1.29 bits per heavy atom. The Kier molecular flexibility index (Phi) is 3.42. The molecule has 0 bridgehead atoms. The first-order chi connectivity index (χ1) is 8.06. The number of aromatic nitrogens is 2. The van der Waals surface area contributed by atoms with Gasteiger partial charge in [0.25, 0.3) is 0 Å². The Hall–Kier alpha value is -1.43. The molecule has 0 saturated carbocycles. The number of aryl methyl sites for hydroxylation is 1. The molecule has 17 heavy (non-hydrogen) atoms. The van der Waals surface area contributed by atoms with Gasteiger partial charge >= 0.3 is 0 Å². The van der Waals surface area contributed by atoms with Crippen LogP contribution in [0.15, 0.2) is 27.6 Å². The van der Waals surface area contributed by atoms with Crippen molar-refractivity contribution in [3.63, 3.8) is 0 Å². The molecule has 0 saturated heterocycles. The van der Waals surface area contributed by atoms with Gasteiger partial charge in [-0.25, -0.2) is 8.78 Å². The van der Waals surface area contributed by atoms with Gasteiger partial charge in [0.2, 0.25) is 5.89 Å². The maximum atomic E-state index is 13.0. The summed E-state index contributed by atoms with van der Waals surface area (Å²) in [7, 11) is 0. The van der Waals surface area contributed by atoms with E-state index in [9.17, 15) is 8.78 Å². The first kappa shape index (κ1) is 12.0. The molecule has 1 heterocycles. The summed E-state index contributed by atoms with van der Waals surface area (Å²) < 4.78 is 30.7. The van der Waals surface area contributed by atoms with E-state index in [4.69, 9.17) is 4.52 Å². The van der Waals surface area contributed by atoms with Crippen LogP contribution in [0, 0.1) is 18.6 Å². The van der Waals surface area contributed by atoms with Gasteiger partial charge in [0.1, 0.15) is 0 Å². The highest BCUT2D eigenvalue weighted by molar-refractivity contribution is 7.99. The van der Waals surface area contributed by atoms with Gasteiger partial charge in [-0.05, 0) is 32.0 Å². The van der Waals surface area contributed by atoms with E-state index in [-0.39, 0.29) is 5.25 Å². The lowest BCUT2D eigenvalue weighted by Crippen LogP contribution is -1.90. The zero-order valence-electron chi connectivity index (χ0n) is 9.28. The van der Waals surface area contributed by atoms with Gasteiger partial charge in [0.05, 0.1) is 5.25 Å². The van der Waals surface area contributed by atoms with Crippen LogP contribution in [0.2, 0.25) is 0 Å². The highest BCUT2D eigenvalue weighted by Crippen LogP contribution is 2.34. The molecule has 1 atom stereocenters. The molecular weight excluding hydrogens is 246 g/mol. The normalized spacial score (nSPS) is 12.7. The molecule has 0 radical (unpaired) electrons. The van der Waals surface area contributed by atoms with Crippen molar-refractivity contribution in [1.82, 2.24) is 10.1 Å². The summed E-state index contributed by atoms with van der Waals surface area (Å²) in [6, 6.07) is 3.77. The third-order valence-electron chi connectivity index (χ3n) is 2.09. The fourth-order valence-electron chi connectivity index (χ4n) is 1.28. The number of hydrogen-bond acceptors (Lipinski definition) is 4. The molecule has 0 aliphatic carbocycles. The first-order valence-corrected chi connectivity index (χ1v) is 5.86. The molecular formula is C11H10F2N2OS. The summed E-state index contributed by atoms with van der Waals surface area (Å²) in [4.78, 5) is 4.70. The Morgan fingerprint density at radius 2 is 2.06 bits per heavy atom. The van der Waals surface area contributed by atoms with E-state index in [2.05, 4.69) is 10.1 Å². The molecule has 90 valence electrons. The van der Waals surface area contributed by atoms with E-state index >= 15 is 0 Å². The summed E-state index contributed by atoms with van der Waals surface area (Å²) in [6.07, 6.45) is 0. The monoisotopic (exact) mass is 256 g/mol. The smallest absolute Gasteiger partial charge is 0.239 e. The third-order valence-corrected chi connectivity index (χ3v) is 3.18. The summed E-state index contributed by atoms with van der Waals surface area (Å²) in [6.45, 7) is 3.58. The highest BCUT2D eigenvalue weighted by Gasteiger charge is 2.15. The Morgan fingerprint density at radius 3 is 2.65 bits per heavy atom. The molecule has 0 aliphatic heterocycles. The van der Waals surface area contributed by atoms with Gasteiger partial charge in [0.15, 0.2) is 17.5 Å². The van der Waals surface area contributed by atoms with Gasteiger partial charge in [-0.3, -0.25) is 0 Å². The van der Waals surface area contributed by atoms with Crippen molar-refractivity contribution in [2.24, 2.45) is 0 Å². The van der Waals surface area contributed by atoms with Gasteiger partial charge in [0, 0.05) is 4.90 Å². The van der Waals surface area contributed by atoms with Gasteiger partial charge in [-0.15, -0.1) is 11.8 Å². The maximum Gasteiger partial charge on any atom is 0.239 e. The predicted octanol–water partition coefficient (Wildman–Crippen LogP) is 3.51. The summed E-state index contributed by atoms with van der Waals surface area (Å²) in [5, 5.41) is 3.57. The highest BCUT2D eigenvalue weighted by atomic mass is 32.2. The lowest BCUT2D eigenvalue weighted by Gasteiger charge is -2.06. The van der Waals surface area contributed by atoms with Crippen LogP contribution < -0.4 is 0 Å². The number of nitrogens with zero attached hydrogens (tertiary/aromatic N) is 2. The van der Waals surface area contributed by atoms with E-state index in [1.165, 1.54) is 17.8 Å². The second kappa shape index (κ2) is 4.83. The van der Waals surface area contributed by atoms with Crippen molar-refractivity contribution >= 4 is 11.8 Å². The van der Waals surface area contributed by atoms with Crippen molar-refractivity contribution in [3.8, 4) is 0 Å². The minimum absolute atomic E-state index is 0.110. The minimum Gasteiger partial charge on any atom is -0.338 e. The molecule has 0 fully saturated rings. The van der Waals surface area contributed by atoms with E-state index in [0.29, 0.717) is 16.6 Å². The molecule has 0 aliphatic rings. The molecule has 2 rings (SSSR count). The molecule has 0 amide bonds. The summed E-state index contributed by atoms with van der Waals surface area (Å²) in [5.74, 6) is -0.686. The van der Waals surface area contributed by atoms with Crippen LogP contribution >= 0.6 is 11.8 Å². The average Bonchev–Trinajstić information content (AvgIpc) is 2.70. The second-order valence-corrected chi connectivity index (χ2v) is 4.93. The zero-order valence-corrected chi connectivity index (χ0v) is 10.1. The second-order valence-electron chi connectivity index (χ2n) is 3.52. The number of benzene rings is 1. The van der Waals surface area contributed by atoms with Gasteiger partial charge in [-0.2, -0.15) is 4.98 Å². The van der Waals surface area contributed by atoms with Crippen molar-refractivity contribution in [2.75, 3.05) is 0 Å². The van der Waals surface area contributed by atoms with Crippen LogP contribution in [0.25, 0.3) is 0 Å².